The van der Waals surface area contributed by atoms with Crippen molar-refractivity contribution in [2.24, 2.45) is 5.92 Å². The molecule has 3 aliphatic rings. The van der Waals surface area contributed by atoms with Gasteiger partial charge in [0.25, 0.3) is 0 Å². The van der Waals surface area contributed by atoms with Crippen molar-refractivity contribution in [3.63, 3.8) is 0 Å². The summed E-state index contributed by atoms with van der Waals surface area (Å²) in [5.74, 6) is 1.20. The number of halogens is 1. The van der Waals surface area contributed by atoms with Crippen molar-refractivity contribution in [1.82, 2.24) is 29.1 Å². The fourth-order valence-corrected chi connectivity index (χ4v) is 6.49. The van der Waals surface area contributed by atoms with Gasteiger partial charge in [-0.2, -0.15) is 0 Å². The summed E-state index contributed by atoms with van der Waals surface area (Å²) in [6.45, 7) is 8.17. The molecule has 0 spiro atoms. The molecular formula is C28H34BClN6O3. The standard InChI is InChI=1S/C28H34BClN6O3/c1-19-13-33(18-32-19)14-20-7-9-35(15-20)28(37)24-16-34(10-11-36(24)29(2)38)27-23-6-5-22(30)12-25(23)39-17-21-4-3-8-31-26(21)27/h3-6,8,12-13,18,20,24,27,38H,7,9-11,14-17H2,1-2H3/t20-,24-,27-/m0/s1. The Morgan fingerprint density at radius 2 is 2.08 bits per heavy atom. The van der Waals surface area contributed by atoms with Gasteiger partial charge >= 0.3 is 7.05 Å². The van der Waals surface area contributed by atoms with E-state index in [4.69, 9.17) is 21.3 Å². The van der Waals surface area contributed by atoms with Crippen LogP contribution in [0, 0.1) is 12.8 Å². The van der Waals surface area contributed by atoms with Crippen LogP contribution in [0.3, 0.4) is 0 Å². The van der Waals surface area contributed by atoms with Crippen molar-refractivity contribution in [2.45, 2.75) is 45.4 Å². The summed E-state index contributed by atoms with van der Waals surface area (Å²) in [5.41, 5.74) is 3.95. The summed E-state index contributed by atoms with van der Waals surface area (Å²) in [4.78, 5) is 29.4. The van der Waals surface area contributed by atoms with Crippen molar-refractivity contribution in [2.75, 3.05) is 32.7 Å². The van der Waals surface area contributed by atoms with E-state index in [0.29, 0.717) is 43.7 Å². The van der Waals surface area contributed by atoms with Crippen LogP contribution in [0.5, 0.6) is 5.75 Å². The smallest absolute Gasteiger partial charge is 0.377 e. The summed E-state index contributed by atoms with van der Waals surface area (Å²) < 4.78 is 8.28. The third-order valence-electron chi connectivity index (χ3n) is 8.25. The molecule has 3 aliphatic heterocycles. The van der Waals surface area contributed by atoms with Gasteiger partial charge in [0.15, 0.2) is 0 Å². The number of pyridine rings is 1. The Morgan fingerprint density at radius 3 is 2.87 bits per heavy atom. The monoisotopic (exact) mass is 548 g/mol. The molecule has 1 N–H and O–H groups in total. The van der Waals surface area contributed by atoms with Gasteiger partial charge in [0.05, 0.1) is 29.8 Å². The quantitative estimate of drug-likeness (QED) is 0.491. The number of amides is 1. The fraction of sp³-hybridized carbons (Fsp3) is 0.464. The molecule has 6 rings (SSSR count). The zero-order valence-corrected chi connectivity index (χ0v) is 23.2. The first-order valence-electron chi connectivity index (χ1n) is 13.7. The average molecular weight is 549 g/mol. The van der Waals surface area contributed by atoms with Gasteiger partial charge in [-0.05, 0) is 44.3 Å². The van der Waals surface area contributed by atoms with Crippen LogP contribution >= 0.6 is 11.6 Å². The predicted octanol–water partition coefficient (Wildman–Crippen LogP) is 2.87. The largest absolute Gasteiger partial charge is 0.488 e. The van der Waals surface area contributed by atoms with Gasteiger partial charge in [-0.15, -0.1) is 0 Å². The van der Waals surface area contributed by atoms with Crippen molar-refractivity contribution in [3.8, 4) is 5.75 Å². The van der Waals surface area contributed by atoms with Crippen LogP contribution in [0.15, 0.2) is 49.1 Å². The molecule has 204 valence electrons. The fourth-order valence-electron chi connectivity index (χ4n) is 6.33. The second kappa shape index (κ2) is 10.9. The number of benzene rings is 1. The lowest BCUT2D eigenvalue weighted by atomic mass is 9.81. The molecule has 1 aromatic carbocycles. The number of rotatable bonds is 5. The van der Waals surface area contributed by atoms with Crippen LogP contribution in [0.2, 0.25) is 11.8 Å². The minimum atomic E-state index is -0.720. The minimum absolute atomic E-state index is 0.0763. The van der Waals surface area contributed by atoms with Crippen LogP contribution in [0.1, 0.15) is 35.0 Å². The maximum atomic E-state index is 14.0. The molecule has 0 unspecified atom stereocenters. The zero-order valence-electron chi connectivity index (χ0n) is 22.4. The molecule has 0 saturated carbocycles. The van der Waals surface area contributed by atoms with E-state index in [0.717, 1.165) is 47.8 Å². The second-order valence-electron chi connectivity index (χ2n) is 11.0. The van der Waals surface area contributed by atoms with E-state index in [1.54, 1.807) is 6.82 Å². The highest BCUT2D eigenvalue weighted by Gasteiger charge is 2.43. The Hall–Kier alpha value is -2.92. The maximum Gasteiger partial charge on any atom is 0.377 e. The van der Waals surface area contributed by atoms with Crippen molar-refractivity contribution in [1.29, 1.82) is 0 Å². The number of imidazole rings is 1. The molecule has 0 radical (unpaired) electrons. The molecule has 5 heterocycles. The summed E-state index contributed by atoms with van der Waals surface area (Å²) >= 11 is 6.33. The lowest BCUT2D eigenvalue weighted by Gasteiger charge is -2.45. The third-order valence-corrected chi connectivity index (χ3v) is 8.49. The van der Waals surface area contributed by atoms with Gasteiger partial charge in [0.1, 0.15) is 12.4 Å². The summed E-state index contributed by atoms with van der Waals surface area (Å²) in [5, 5.41) is 11.3. The number of aromatic nitrogens is 3. The third kappa shape index (κ3) is 5.30. The molecule has 9 nitrogen and oxygen atoms in total. The van der Waals surface area contributed by atoms with E-state index in [-0.39, 0.29) is 11.9 Å². The Labute approximate surface area is 234 Å². The van der Waals surface area contributed by atoms with Crippen molar-refractivity contribution < 1.29 is 14.6 Å². The molecule has 1 amide bonds. The van der Waals surface area contributed by atoms with Gasteiger partial charge in [-0.3, -0.25) is 14.7 Å². The number of carbonyl (C=O) groups is 1. The van der Waals surface area contributed by atoms with Gasteiger partial charge < -0.3 is 24.0 Å². The number of carbonyl (C=O) groups excluding carboxylic acids is 1. The van der Waals surface area contributed by atoms with Gasteiger partial charge in [0.2, 0.25) is 5.91 Å². The van der Waals surface area contributed by atoms with Crippen LogP contribution in [0.4, 0.5) is 0 Å². The van der Waals surface area contributed by atoms with E-state index < -0.39 is 13.1 Å². The van der Waals surface area contributed by atoms with Crippen molar-refractivity contribution in [3.05, 3.63) is 76.6 Å². The minimum Gasteiger partial charge on any atom is -0.488 e. The molecule has 2 aromatic heterocycles. The topological polar surface area (TPSA) is 87.0 Å². The number of hydrogen-bond acceptors (Lipinski definition) is 7. The van der Waals surface area contributed by atoms with Gasteiger partial charge in [-0.1, -0.05) is 23.7 Å². The molecule has 39 heavy (non-hydrogen) atoms. The molecule has 0 bridgehead atoms. The first-order chi connectivity index (χ1) is 18.9. The summed E-state index contributed by atoms with van der Waals surface area (Å²) in [6, 6.07) is 9.08. The Kier molecular flexibility index (Phi) is 7.37. The summed E-state index contributed by atoms with van der Waals surface area (Å²) in [7, 11) is -0.720. The van der Waals surface area contributed by atoms with Crippen LogP contribution < -0.4 is 4.74 Å². The number of likely N-dealkylation sites (tertiary alicyclic amines) is 1. The highest BCUT2D eigenvalue weighted by molar-refractivity contribution is 6.45. The maximum absolute atomic E-state index is 14.0. The molecule has 11 heteroatoms. The van der Waals surface area contributed by atoms with E-state index in [2.05, 4.69) is 14.5 Å². The molecular weight excluding hydrogens is 515 g/mol. The summed E-state index contributed by atoms with van der Waals surface area (Å²) in [6.07, 6.45) is 6.68. The molecule has 3 aromatic rings. The second-order valence-corrected chi connectivity index (χ2v) is 11.4. The highest BCUT2D eigenvalue weighted by atomic mass is 35.5. The van der Waals surface area contributed by atoms with Crippen LogP contribution in [0.25, 0.3) is 0 Å². The van der Waals surface area contributed by atoms with Crippen LogP contribution in [-0.4, -0.2) is 85.9 Å². The van der Waals surface area contributed by atoms with Gasteiger partial charge in [0, 0.05) is 67.8 Å². The number of ether oxygens (including phenoxy) is 1. The highest BCUT2D eigenvalue weighted by Crippen LogP contribution is 2.40. The number of aryl methyl sites for hydroxylation is 1. The Morgan fingerprint density at radius 1 is 1.21 bits per heavy atom. The normalized spacial score (nSPS) is 23.6. The van der Waals surface area contributed by atoms with E-state index in [1.807, 2.05) is 65.7 Å². The number of piperazine rings is 1. The number of hydrogen-bond donors (Lipinski definition) is 1. The van der Waals surface area contributed by atoms with Crippen LogP contribution in [-0.2, 0) is 17.9 Å². The van der Waals surface area contributed by atoms with E-state index >= 15 is 0 Å². The SMILES string of the molecule is CB(O)N1CCN([C@H]2c3ccc(Cl)cc3OCc3cccnc32)C[C@H]1C(=O)N1CC[C@@H](Cn2cnc(C)c2)C1. The van der Waals surface area contributed by atoms with E-state index in [9.17, 15) is 9.82 Å². The lowest BCUT2D eigenvalue weighted by Crippen LogP contribution is -2.63. The zero-order chi connectivity index (χ0) is 27.1. The van der Waals surface area contributed by atoms with E-state index in [1.165, 1.54) is 0 Å². The first kappa shape index (κ1) is 26.3. The molecule has 3 atom stereocenters. The lowest BCUT2D eigenvalue weighted by molar-refractivity contribution is -0.137. The Balaban J connectivity index is 1.26. The average Bonchev–Trinajstić information content (AvgIpc) is 3.53. The van der Waals surface area contributed by atoms with Gasteiger partial charge in [-0.25, -0.2) is 4.98 Å². The predicted molar refractivity (Wildman–Crippen MR) is 149 cm³/mol. The Bertz CT molecular complexity index is 1350. The first-order valence-corrected chi connectivity index (χ1v) is 14.1. The molecule has 2 saturated heterocycles. The molecule has 0 aliphatic carbocycles. The molecule has 2 fully saturated rings. The van der Waals surface area contributed by atoms with Crippen molar-refractivity contribution >= 4 is 24.6 Å². The number of nitrogens with zero attached hydrogens (tertiary/aromatic N) is 6. The number of fused-ring (bicyclic) bond motifs is 2.